The molecule has 5 nitrogen and oxygen atoms in total. The van der Waals surface area contributed by atoms with E-state index in [-0.39, 0.29) is 11.9 Å². The van der Waals surface area contributed by atoms with Crippen molar-refractivity contribution in [3.8, 4) is 11.5 Å². The van der Waals surface area contributed by atoms with Gasteiger partial charge in [0.1, 0.15) is 11.5 Å². The highest BCUT2D eigenvalue weighted by Gasteiger charge is 2.26. The normalized spacial score (nSPS) is 16.1. The third-order valence-corrected chi connectivity index (χ3v) is 6.29. The summed E-state index contributed by atoms with van der Waals surface area (Å²) >= 11 is 6.16. The van der Waals surface area contributed by atoms with Gasteiger partial charge < -0.3 is 14.8 Å². The van der Waals surface area contributed by atoms with Gasteiger partial charge >= 0.3 is 0 Å². The second kappa shape index (κ2) is 10.7. The number of piperidine rings is 1. The van der Waals surface area contributed by atoms with Crippen molar-refractivity contribution >= 4 is 23.2 Å². The van der Waals surface area contributed by atoms with Crippen LogP contribution >= 0.6 is 11.6 Å². The van der Waals surface area contributed by atoms with Crippen molar-refractivity contribution < 1.29 is 14.3 Å². The van der Waals surface area contributed by atoms with Gasteiger partial charge in [-0.15, -0.1) is 0 Å². The largest absolute Gasteiger partial charge is 0.497 e. The Morgan fingerprint density at radius 3 is 2.37 bits per heavy atom. The zero-order chi connectivity index (χ0) is 21.5. The first-order chi connectivity index (χ1) is 14.5. The molecule has 3 rings (SSSR count). The number of ether oxygens (including phenoxy) is 2. The van der Waals surface area contributed by atoms with Crippen molar-refractivity contribution in [1.29, 1.82) is 0 Å². The van der Waals surface area contributed by atoms with E-state index in [0.717, 1.165) is 50.3 Å². The lowest BCUT2D eigenvalue weighted by atomic mass is 9.90. The maximum Gasteiger partial charge on any atom is 0.241 e. The lowest BCUT2D eigenvalue weighted by Crippen LogP contribution is -2.46. The van der Waals surface area contributed by atoms with Gasteiger partial charge in [-0.05, 0) is 81.4 Å². The highest BCUT2D eigenvalue weighted by Crippen LogP contribution is 2.28. The first-order valence-corrected chi connectivity index (χ1v) is 10.9. The molecule has 1 aliphatic heterocycles. The number of hydrogen-bond donors (Lipinski definition) is 1. The molecule has 1 unspecified atom stereocenters. The monoisotopic (exact) mass is 430 g/mol. The molecule has 1 aliphatic rings. The Balaban J connectivity index is 1.47. The number of benzene rings is 2. The molecular formula is C24H31ClN2O3. The minimum Gasteiger partial charge on any atom is -0.497 e. The molecule has 162 valence electrons. The van der Waals surface area contributed by atoms with Crippen molar-refractivity contribution in [3.63, 3.8) is 0 Å². The molecule has 1 fully saturated rings. The number of para-hydroxylation sites is 1. The van der Waals surface area contributed by atoms with Crippen LogP contribution in [0.5, 0.6) is 11.5 Å². The van der Waals surface area contributed by atoms with Crippen molar-refractivity contribution in [2.45, 2.75) is 38.6 Å². The summed E-state index contributed by atoms with van der Waals surface area (Å²) in [4.78, 5) is 14.9. The summed E-state index contributed by atoms with van der Waals surface area (Å²) in [6.07, 6.45) is 4.33. The summed E-state index contributed by atoms with van der Waals surface area (Å²) < 4.78 is 10.7. The number of halogens is 1. The fourth-order valence-electron chi connectivity index (χ4n) is 3.98. The molecule has 2 aromatic carbocycles. The Labute approximate surface area is 184 Å². The van der Waals surface area contributed by atoms with Gasteiger partial charge in [0.2, 0.25) is 5.91 Å². The van der Waals surface area contributed by atoms with E-state index in [2.05, 4.69) is 22.3 Å². The molecular weight excluding hydrogens is 400 g/mol. The number of rotatable bonds is 8. The van der Waals surface area contributed by atoms with Gasteiger partial charge in [0.15, 0.2) is 0 Å². The third-order valence-electron chi connectivity index (χ3n) is 5.96. The summed E-state index contributed by atoms with van der Waals surface area (Å²) in [6, 6.07) is 13.2. The molecule has 30 heavy (non-hydrogen) atoms. The molecule has 6 heteroatoms. The number of aryl methyl sites for hydroxylation is 1. The van der Waals surface area contributed by atoms with E-state index >= 15 is 0 Å². The van der Waals surface area contributed by atoms with Crippen LogP contribution in [0.2, 0.25) is 5.02 Å². The standard InChI is InChI=1S/C24H31ClN2O3/c1-17(24(28)26-23-7-5-4-6-22(23)25)27-12-10-18(11-13-27)8-9-19-14-20(29-2)16-21(15-19)30-3/h4-7,14-18H,8-13H2,1-3H3,(H,26,28). The fourth-order valence-corrected chi connectivity index (χ4v) is 4.16. The summed E-state index contributed by atoms with van der Waals surface area (Å²) in [7, 11) is 3.36. The van der Waals surface area contributed by atoms with E-state index in [9.17, 15) is 4.79 Å². The first kappa shape index (κ1) is 22.4. The maximum atomic E-state index is 12.6. The van der Waals surface area contributed by atoms with Gasteiger partial charge in [-0.1, -0.05) is 23.7 Å². The van der Waals surface area contributed by atoms with Gasteiger partial charge in [-0.25, -0.2) is 0 Å². The number of likely N-dealkylation sites (tertiary alicyclic amines) is 1. The Morgan fingerprint density at radius 2 is 1.77 bits per heavy atom. The number of nitrogens with zero attached hydrogens (tertiary/aromatic N) is 1. The van der Waals surface area contributed by atoms with Crippen LogP contribution in [0.4, 0.5) is 5.69 Å². The lowest BCUT2D eigenvalue weighted by molar-refractivity contribution is -0.121. The Hall–Kier alpha value is -2.24. The van der Waals surface area contributed by atoms with Gasteiger partial charge in [0, 0.05) is 6.07 Å². The molecule has 0 radical (unpaired) electrons. The summed E-state index contributed by atoms with van der Waals surface area (Å²) in [6.45, 7) is 3.83. The van der Waals surface area contributed by atoms with Crippen LogP contribution in [0.3, 0.4) is 0 Å². The molecule has 0 saturated carbocycles. The average Bonchev–Trinajstić information content (AvgIpc) is 2.78. The molecule has 1 saturated heterocycles. The van der Waals surface area contributed by atoms with Crippen molar-refractivity contribution in [2.24, 2.45) is 5.92 Å². The first-order valence-electron chi connectivity index (χ1n) is 10.5. The summed E-state index contributed by atoms with van der Waals surface area (Å²) in [5.74, 6) is 2.32. The summed E-state index contributed by atoms with van der Waals surface area (Å²) in [5.41, 5.74) is 1.90. The van der Waals surface area contributed by atoms with Crippen LogP contribution < -0.4 is 14.8 Å². The molecule has 0 aromatic heterocycles. The van der Waals surface area contributed by atoms with Gasteiger partial charge in [0.05, 0.1) is 31.0 Å². The van der Waals surface area contributed by atoms with Crippen LogP contribution in [0.15, 0.2) is 42.5 Å². The average molecular weight is 431 g/mol. The van der Waals surface area contributed by atoms with Crippen LogP contribution in [-0.2, 0) is 11.2 Å². The van der Waals surface area contributed by atoms with Crippen molar-refractivity contribution in [2.75, 3.05) is 32.6 Å². The number of amides is 1. The molecule has 1 heterocycles. The van der Waals surface area contributed by atoms with Gasteiger partial charge in [0.25, 0.3) is 0 Å². The smallest absolute Gasteiger partial charge is 0.241 e. The number of anilines is 1. The fraction of sp³-hybridized carbons (Fsp3) is 0.458. The number of nitrogens with one attached hydrogen (secondary N) is 1. The van der Waals surface area contributed by atoms with E-state index in [1.165, 1.54) is 5.56 Å². The molecule has 1 amide bonds. The van der Waals surface area contributed by atoms with Crippen molar-refractivity contribution in [1.82, 2.24) is 4.90 Å². The third kappa shape index (κ3) is 5.89. The van der Waals surface area contributed by atoms with Crippen LogP contribution in [0.25, 0.3) is 0 Å². The van der Waals surface area contributed by atoms with Gasteiger partial charge in [-0.2, -0.15) is 0 Å². The zero-order valence-electron chi connectivity index (χ0n) is 18.0. The Morgan fingerprint density at radius 1 is 1.13 bits per heavy atom. The van der Waals surface area contributed by atoms with Crippen LogP contribution in [0, 0.1) is 5.92 Å². The minimum atomic E-state index is -0.176. The van der Waals surface area contributed by atoms with E-state index in [0.29, 0.717) is 16.6 Å². The quantitative estimate of drug-likeness (QED) is 0.638. The number of methoxy groups -OCH3 is 2. The summed E-state index contributed by atoms with van der Waals surface area (Å²) in [5, 5.41) is 3.51. The predicted octanol–water partition coefficient (Wildman–Crippen LogP) is 5.03. The minimum absolute atomic E-state index is 0.00924. The SMILES string of the molecule is COc1cc(CCC2CCN(C(C)C(=O)Nc3ccccc3Cl)CC2)cc(OC)c1. The maximum absolute atomic E-state index is 12.6. The van der Waals surface area contributed by atoms with Crippen LogP contribution in [0.1, 0.15) is 31.7 Å². The highest BCUT2D eigenvalue weighted by molar-refractivity contribution is 6.33. The van der Waals surface area contributed by atoms with Gasteiger partial charge in [-0.3, -0.25) is 9.69 Å². The van der Waals surface area contributed by atoms with E-state index < -0.39 is 0 Å². The van der Waals surface area contributed by atoms with E-state index in [1.807, 2.05) is 31.2 Å². The highest BCUT2D eigenvalue weighted by atomic mass is 35.5. The van der Waals surface area contributed by atoms with Crippen molar-refractivity contribution in [3.05, 3.63) is 53.1 Å². The molecule has 1 N–H and O–H groups in total. The topological polar surface area (TPSA) is 50.8 Å². The molecule has 0 spiro atoms. The Kier molecular flexibility index (Phi) is 8.00. The second-order valence-electron chi connectivity index (χ2n) is 7.88. The van der Waals surface area contributed by atoms with E-state index in [4.69, 9.17) is 21.1 Å². The Bertz CT molecular complexity index is 828. The molecule has 0 bridgehead atoms. The van der Waals surface area contributed by atoms with E-state index in [1.54, 1.807) is 20.3 Å². The molecule has 1 atom stereocenters. The number of hydrogen-bond acceptors (Lipinski definition) is 4. The predicted molar refractivity (Wildman–Crippen MR) is 122 cm³/mol. The lowest BCUT2D eigenvalue weighted by Gasteiger charge is -2.35. The molecule has 2 aromatic rings. The number of carbonyl (C=O) groups is 1. The molecule has 0 aliphatic carbocycles. The second-order valence-corrected chi connectivity index (χ2v) is 8.29. The number of carbonyl (C=O) groups excluding carboxylic acids is 1. The zero-order valence-corrected chi connectivity index (χ0v) is 18.7. The van der Waals surface area contributed by atoms with Crippen LogP contribution in [-0.4, -0.2) is 44.2 Å².